The van der Waals surface area contributed by atoms with Crippen molar-refractivity contribution < 1.29 is 19.1 Å². The number of ether oxygens (including phenoxy) is 2. The quantitative estimate of drug-likeness (QED) is 0.596. The van der Waals surface area contributed by atoms with Crippen LogP contribution in [-0.2, 0) is 9.53 Å². The fourth-order valence-corrected chi connectivity index (χ4v) is 4.30. The minimum absolute atomic E-state index is 0.0763. The standard InChI is InChI=1S/C20H24ClNO4/c1-4-26-20(24)18-12(2)5-6-14-10-22(11-15(14)18)19(23)13-7-8-17(25-3)16(21)9-13/h5-9,12,14-15,18H,4,10-11H2,1-3H3/t12-,14-,15+,18+/m0/s1. The Kier molecular flexibility index (Phi) is 5.56. The zero-order chi connectivity index (χ0) is 18.8. The molecule has 1 amide bonds. The van der Waals surface area contributed by atoms with Gasteiger partial charge in [-0.2, -0.15) is 0 Å². The highest BCUT2D eigenvalue weighted by molar-refractivity contribution is 6.32. The van der Waals surface area contributed by atoms with Gasteiger partial charge >= 0.3 is 5.97 Å². The topological polar surface area (TPSA) is 55.8 Å². The predicted molar refractivity (Wildman–Crippen MR) is 99.3 cm³/mol. The number of allylic oxidation sites excluding steroid dienone is 1. The molecule has 4 atom stereocenters. The third-order valence-corrected chi connectivity index (χ3v) is 5.64. The van der Waals surface area contributed by atoms with E-state index in [9.17, 15) is 9.59 Å². The minimum atomic E-state index is -0.206. The molecule has 0 unspecified atom stereocenters. The van der Waals surface area contributed by atoms with Gasteiger partial charge in [-0.1, -0.05) is 30.7 Å². The SMILES string of the molecule is CCOC(=O)[C@H]1[C@@H]2CN(C(=O)c3ccc(OC)c(Cl)c3)C[C@@H]2C=C[C@@H]1C. The van der Waals surface area contributed by atoms with Crippen molar-refractivity contribution in [3.8, 4) is 5.75 Å². The lowest BCUT2D eigenvalue weighted by atomic mass is 9.72. The fraction of sp³-hybridized carbons (Fsp3) is 0.500. The van der Waals surface area contributed by atoms with Crippen molar-refractivity contribution >= 4 is 23.5 Å². The van der Waals surface area contributed by atoms with Crippen LogP contribution in [0.4, 0.5) is 0 Å². The van der Waals surface area contributed by atoms with Crippen LogP contribution in [-0.4, -0.2) is 43.6 Å². The van der Waals surface area contributed by atoms with Crippen LogP contribution in [0.2, 0.25) is 5.02 Å². The molecule has 5 nitrogen and oxygen atoms in total. The van der Waals surface area contributed by atoms with Crippen molar-refractivity contribution in [1.82, 2.24) is 4.90 Å². The Morgan fingerprint density at radius 3 is 2.69 bits per heavy atom. The molecule has 140 valence electrons. The molecule has 0 bridgehead atoms. The van der Waals surface area contributed by atoms with Gasteiger partial charge in [-0.3, -0.25) is 9.59 Å². The number of hydrogen-bond donors (Lipinski definition) is 0. The molecule has 0 radical (unpaired) electrons. The van der Waals surface area contributed by atoms with Gasteiger partial charge in [0.25, 0.3) is 5.91 Å². The summed E-state index contributed by atoms with van der Waals surface area (Å²) in [6, 6.07) is 5.05. The summed E-state index contributed by atoms with van der Waals surface area (Å²) in [5.74, 6) is 0.471. The monoisotopic (exact) mass is 377 g/mol. The number of carbonyl (C=O) groups excluding carboxylic acids is 2. The van der Waals surface area contributed by atoms with E-state index in [4.69, 9.17) is 21.1 Å². The Morgan fingerprint density at radius 1 is 1.27 bits per heavy atom. The van der Waals surface area contributed by atoms with E-state index in [1.807, 2.05) is 18.7 Å². The van der Waals surface area contributed by atoms with Crippen molar-refractivity contribution in [2.75, 3.05) is 26.8 Å². The summed E-state index contributed by atoms with van der Waals surface area (Å²) in [5.41, 5.74) is 0.527. The largest absolute Gasteiger partial charge is 0.495 e. The van der Waals surface area contributed by atoms with Gasteiger partial charge in [0.15, 0.2) is 0 Å². The molecule has 3 rings (SSSR count). The zero-order valence-corrected chi connectivity index (χ0v) is 16.0. The number of methoxy groups -OCH3 is 1. The smallest absolute Gasteiger partial charge is 0.309 e. The number of carbonyl (C=O) groups is 2. The molecule has 0 N–H and O–H groups in total. The lowest BCUT2D eigenvalue weighted by Crippen LogP contribution is -2.37. The molecule has 1 saturated heterocycles. The van der Waals surface area contributed by atoms with Crippen LogP contribution in [0.3, 0.4) is 0 Å². The Hall–Kier alpha value is -2.01. The highest BCUT2D eigenvalue weighted by Gasteiger charge is 2.46. The maximum absolute atomic E-state index is 12.9. The second-order valence-corrected chi connectivity index (χ2v) is 7.32. The molecule has 1 aromatic carbocycles. The highest BCUT2D eigenvalue weighted by atomic mass is 35.5. The van der Waals surface area contributed by atoms with E-state index in [0.717, 1.165) is 0 Å². The predicted octanol–water partition coefficient (Wildman–Crippen LogP) is 3.42. The highest BCUT2D eigenvalue weighted by Crippen LogP contribution is 2.40. The number of benzene rings is 1. The molecular weight excluding hydrogens is 354 g/mol. The van der Waals surface area contributed by atoms with Gasteiger partial charge in [0.1, 0.15) is 5.75 Å². The number of halogens is 1. The normalized spacial score (nSPS) is 27.2. The number of likely N-dealkylation sites (tertiary alicyclic amines) is 1. The Labute approximate surface area is 158 Å². The van der Waals surface area contributed by atoms with E-state index in [0.29, 0.717) is 36.0 Å². The van der Waals surface area contributed by atoms with Crippen molar-refractivity contribution in [1.29, 1.82) is 0 Å². The molecular formula is C20H24ClNO4. The average molecular weight is 378 g/mol. The molecule has 1 aliphatic carbocycles. The Bertz CT molecular complexity index is 733. The van der Waals surface area contributed by atoms with Gasteiger partial charge in [-0.15, -0.1) is 0 Å². The lowest BCUT2D eigenvalue weighted by Gasteiger charge is -2.31. The minimum Gasteiger partial charge on any atom is -0.495 e. The maximum Gasteiger partial charge on any atom is 0.309 e. The molecule has 6 heteroatoms. The molecule has 0 spiro atoms. The Balaban J connectivity index is 1.78. The first-order valence-electron chi connectivity index (χ1n) is 8.94. The number of esters is 1. The summed E-state index contributed by atoms with van der Waals surface area (Å²) in [6.07, 6.45) is 4.21. The van der Waals surface area contributed by atoms with Crippen molar-refractivity contribution in [3.63, 3.8) is 0 Å². The molecule has 1 fully saturated rings. The van der Waals surface area contributed by atoms with E-state index in [-0.39, 0.29) is 35.5 Å². The van der Waals surface area contributed by atoms with Gasteiger partial charge in [-0.25, -0.2) is 0 Å². The molecule has 26 heavy (non-hydrogen) atoms. The van der Waals surface area contributed by atoms with Gasteiger partial charge in [0, 0.05) is 18.7 Å². The summed E-state index contributed by atoms with van der Waals surface area (Å²) in [7, 11) is 1.54. The first-order valence-corrected chi connectivity index (χ1v) is 9.31. The number of nitrogens with zero attached hydrogens (tertiary/aromatic N) is 1. The number of fused-ring (bicyclic) bond motifs is 1. The van der Waals surface area contributed by atoms with E-state index in [1.54, 1.807) is 18.2 Å². The van der Waals surface area contributed by atoms with E-state index in [1.165, 1.54) is 7.11 Å². The third kappa shape index (κ3) is 3.45. The van der Waals surface area contributed by atoms with E-state index >= 15 is 0 Å². The number of rotatable bonds is 4. The van der Waals surface area contributed by atoms with E-state index < -0.39 is 0 Å². The second kappa shape index (κ2) is 7.70. The molecule has 1 aromatic rings. The second-order valence-electron chi connectivity index (χ2n) is 6.91. The first-order chi connectivity index (χ1) is 12.5. The lowest BCUT2D eigenvalue weighted by molar-refractivity contribution is -0.152. The molecule has 1 heterocycles. The fourth-order valence-electron chi connectivity index (χ4n) is 4.04. The van der Waals surface area contributed by atoms with Gasteiger partial charge < -0.3 is 14.4 Å². The van der Waals surface area contributed by atoms with Crippen LogP contribution < -0.4 is 4.74 Å². The number of hydrogen-bond acceptors (Lipinski definition) is 4. The summed E-state index contributed by atoms with van der Waals surface area (Å²) >= 11 is 6.15. The summed E-state index contributed by atoms with van der Waals surface area (Å²) in [6.45, 7) is 5.37. The van der Waals surface area contributed by atoms with Crippen molar-refractivity contribution in [2.45, 2.75) is 13.8 Å². The van der Waals surface area contributed by atoms with Crippen molar-refractivity contribution in [3.05, 3.63) is 40.9 Å². The van der Waals surface area contributed by atoms with Crippen LogP contribution in [0.1, 0.15) is 24.2 Å². The molecule has 1 aliphatic heterocycles. The van der Waals surface area contributed by atoms with Crippen LogP contribution >= 0.6 is 11.6 Å². The van der Waals surface area contributed by atoms with Crippen LogP contribution in [0.15, 0.2) is 30.4 Å². The first kappa shape index (κ1) is 18.8. The van der Waals surface area contributed by atoms with Crippen LogP contribution in [0.5, 0.6) is 5.75 Å². The summed E-state index contributed by atoms with van der Waals surface area (Å²) in [4.78, 5) is 27.1. The van der Waals surface area contributed by atoms with Crippen LogP contribution in [0.25, 0.3) is 0 Å². The molecule has 2 aliphatic rings. The third-order valence-electron chi connectivity index (χ3n) is 5.35. The van der Waals surface area contributed by atoms with Gasteiger partial charge in [0.2, 0.25) is 0 Å². The van der Waals surface area contributed by atoms with Gasteiger partial charge in [0.05, 0.1) is 24.7 Å². The number of amides is 1. The molecule has 0 saturated carbocycles. The van der Waals surface area contributed by atoms with E-state index in [2.05, 4.69) is 12.2 Å². The molecule has 0 aromatic heterocycles. The summed E-state index contributed by atoms with van der Waals surface area (Å²) < 4.78 is 10.4. The van der Waals surface area contributed by atoms with Crippen molar-refractivity contribution in [2.24, 2.45) is 23.7 Å². The average Bonchev–Trinajstić information content (AvgIpc) is 3.05. The maximum atomic E-state index is 12.9. The zero-order valence-electron chi connectivity index (χ0n) is 15.3. The summed E-state index contributed by atoms with van der Waals surface area (Å²) in [5, 5.41) is 0.410. The van der Waals surface area contributed by atoms with Crippen LogP contribution in [0, 0.1) is 23.7 Å². The Morgan fingerprint density at radius 2 is 2.04 bits per heavy atom. The van der Waals surface area contributed by atoms with Gasteiger partial charge in [-0.05, 0) is 42.9 Å².